The van der Waals surface area contributed by atoms with Crippen LogP contribution in [-0.4, -0.2) is 18.2 Å². The number of esters is 1. The van der Waals surface area contributed by atoms with Crippen LogP contribution >= 0.6 is 0 Å². The second-order valence-electron chi connectivity index (χ2n) is 10.2. The Balaban J connectivity index is 1.39. The first-order valence-electron chi connectivity index (χ1n) is 13.4. The Morgan fingerprint density at radius 2 is 1.31 bits per heavy atom. The lowest BCUT2D eigenvalue weighted by atomic mass is 10.1. The van der Waals surface area contributed by atoms with Crippen molar-refractivity contribution in [3.8, 4) is 17.6 Å². The van der Waals surface area contributed by atoms with Crippen LogP contribution in [0, 0.1) is 25.7 Å². The fraction of sp³-hybridized carbons (Fsp3) is 0.229. The zero-order chi connectivity index (χ0) is 30.3. The minimum Gasteiger partial charge on any atom is -0.492 e. The number of hydrogen-bond donors (Lipinski definition) is 0. The second-order valence-corrected chi connectivity index (χ2v) is 12.3. The van der Waals surface area contributed by atoms with Gasteiger partial charge < -0.3 is 9.47 Å². The lowest BCUT2D eigenvalue weighted by Gasteiger charge is -2.19. The summed E-state index contributed by atoms with van der Waals surface area (Å²) in [6.07, 6.45) is -4.39. The fourth-order valence-electron chi connectivity index (χ4n) is 4.34. The topological polar surface area (TPSA) is 35.5 Å². The van der Waals surface area contributed by atoms with E-state index in [4.69, 9.17) is 9.47 Å². The molecule has 0 amide bonds. The lowest BCUT2D eigenvalue weighted by Crippen LogP contribution is -2.27. The van der Waals surface area contributed by atoms with Gasteiger partial charge >= 0.3 is 12.1 Å². The van der Waals surface area contributed by atoms with Gasteiger partial charge in [-0.05, 0) is 87.4 Å². The molecule has 0 spiro atoms. The Morgan fingerprint density at radius 3 is 1.81 bits per heavy atom. The SMILES string of the molecule is Cc1cc([S+](c2ccccc2)c2ccccc2)cc(C)c1OCCC(=O)OC(C)(C)C#Cc1ccc(C(F)(F)F)cc1. The van der Waals surface area contributed by atoms with E-state index >= 15 is 0 Å². The average Bonchev–Trinajstić information content (AvgIpc) is 2.94. The third-order valence-corrected chi connectivity index (χ3v) is 8.46. The van der Waals surface area contributed by atoms with Crippen molar-refractivity contribution in [2.75, 3.05) is 6.61 Å². The number of hydrogen-bond acceptors (Lipinski definition) is 3. The molecule has 0 bridgehead atoms. The van der Waals surface area contributed by atoms with Gasteiger partial charge in [0.05, 0.1) is 29.5 Å². The molecule has 0 aromatic heterocycles. The first-order chi connectivity index (χ1) is 19.9. The third kappa shape index (κ3) is 8.20. The Kier molecular flexibility index (Phi) is 9.70. The van der Waals surface area contributed by atoms with Gasteiger partial charge in [-0.2, -0.15) is 13.2 Å². The normalized spacial score (nSPS) is 11.5. The van der Waals surface area contributed by atoms with Crippen molar-refractivity contribution in [3.05, 3.63) is 119 Å². The summed E-state index contributed by atoms with van der Waals surface area (Å²) < 4.78 is 49.9. The number of ether oxygens (including phenoxy) is 2. The zero-order valence-electron chi connectivity index (χ0n) is 23.9. The maximum absolute atomic E-state index is 12.8. The quantitative estimate of drug-likeness (QED) is 0.117. The van der Waals surface area contributed by atoms with Crippen molar-refractivity contribution in [2.45, 2.75) is 60.6 Å². The molecule has 0 saturated carbocycles. The van der Waals surface area contributed by atoms with Gasteiger partial charge in [0, 0.05) is 17.7 Å². The molecule has 0 heterocycles. The molecule has 4 aromatic carbocycles. The van der Waals surface area contributed by atoms with E-state index in [1.807, 2.05) is 26.0 Å². The monoisotopic (exact) mass is 589 g/mol. The molecule has 0 N–H and O–H groups in total. The number of alkyl halides is 3. The highest BCUT2D eigenvalue weighted by Crippen LogP contribution is 2.35. The van der Waals surface area contributed by atoms with Crippen LogP contribution in [0.25, 0.3) is 0 Å². The van der Waals surface area contributed by atoms with E-state index in [9.17, 15) is 18.0 Å². The van der Waals surface area contributed by atoms with Crippen LogP contribution in [0.5, 0.6) is 5.75 Å². The van der Waals surface area contributed by atoms with Crippen LogP contribution in [0.15, 0.2) is 112 Å². The molecule has 3 nitrogen and oxygen atoms in total. The smallest absolute Gasteiger partial charge is 0.416 e. The molecule has 42 heavy (non-hydrogen) atoms. The summed E-state index contributed by atoms with van der Waals surface area (Å²) in [5.41, 5.74) is 0.479. The number of carbonyl (C=O) groups excluding carboxylic acids is 1. The van der Waals surface area contributed by atoms with Crippen molar-refractivity contribution < 1.29 is 27.4 Å². The second kappa shape index (κ2) is 13.2. The van der Waals surface area contributed by atoms with Crippen molar-refractivity contribution in [3.63, 3.8) is 0 Å². The van der Waals surface area contributed by atoms with Gasteiger partial charge in [0.25, 0.3) is 0 Å². The van der Waals surface area contributed by atoms with Gasteiger partial charge in [0.2, 0.25) is 0 Å². The maximum atomic E-state index is 12.8. The predicted octanol–water partition coefficient (Wildman–Crippen LogP) is 8.56. The molecule has 0 fully saturated rings. The molecule has 0 atom stereocenters. The first kappa shape index (κ1) is 30.8. The summed E-state index contributed by atoms with van der Waals surface area (Å²) in [7, 11) is -0.282. The van der Waals surface area contributed by atoms with Crippen LogP contribution in [0.1, 0.15) is 42.5 Å². The molecule has 216 valence electrons. The van der Waals surface area contributed by atoms with Crippen molar-refractivity contribution in [1.82, 2.24) is 0 Å². The van der Waals surface area contributed by atoms with Crippen LogP contribution in [-0.2, 0) is 26.6 Å². The minimum atomic E-state index is -4.41. The highest BCUT2D eigenvalue weighted by atomic mass is 32.2. The third-order valence-electron chi connectivity index (χ3n) is 6.27. The predicted molar refractivity (Wildman–Crippen MR) is 160 cm³/mol. The summed E-state index contributed by atoms with van der Waals surface area (Å²) in [6.45, 7) is 7.40. The summed E-state index contributed by atoms with van der Waals surface area (Å²) in [4.78, 5) is 16.2. The van der Waals surface area contributed by atoms with Gasteiger partial charge in [0.1, 0.15) is 5.75 Å². The number of benzene rings is 4. The number of aryl methyl sites for hydroxylation is 2. The molecular weight excluding hydrogens is 557 g/mol. The molecule has 7 heteroatoms. The molecule has 0 saturated heterocycles. The van der Waals surface area contributed by atoms with Crippen molar-refractivity contribution >= 4 is 16.9 Å². The molecule has 4 rings (SSSR count). The Bertz CT molecular complexity index is 1510. The molecule has 0 aliphatic carbocycles. The van der Waals surface area contributed by atoms with Crippen LogP contribution in [0.2, 0.25) is 0 Å². The van der Waals surface area contributed by atoms with E-state index in [1.54, 1.807) is 13.8 Å². The molecule has 0 aliphatic rings. The van der Waals surface area contributed by atoms with Gasteiger partial charge in [-0.1, -0.05) is 48.2 Å². The Morgan fingerprint density at radius 1 is 0.786 bits per heavy atom. The van der Waals surface area contributed by atoms with E-state index in [0.717, 1.165) is 29.0 Å². The molecule has 0 unspecified atom stereocenters. The minimum absolute atomic E-state index is 0.0183. The van der Waals surface area contributed by atoms with Gasteiger partial charge in [-0.25, -0.2) is 0 Å². The average molecular weight is 590 g/mol. The van der Waals surface area contributed by atoms with E-state index in [0.29, 0.717) is 5.56 Å². The van der Waals surface area contributed by atoms with Gasteiger partial charge in [-0.3, -0.25) is 4.79 Å². The summed E-state index contributed by atoms with van der Waals surface area (Å²) in [6, 6.07) is 29.6. The van der Waals surface area contributed by atoms with E-state index in [2.05, 4.69) is 72.5 Å². The standard InChI is InChI=1S/C35H32F3O3S/c1-25-23-31(42(29-11-7-5-8-12-29)30-13-9-6-10-14-30)24-26(2)33(25)40-22-20-32(39)41-34(3,4)21-19-27-15-17-28(18-16-27)35(36,37)38/h5-18,23-24H,20,22H2,1-4H3/q+1. The zero-order valence-corrected chi connectivity index (χ0v) is 24.7. The van der Waals surface area contributed by atoms with Crippen molar-refractivity contribution in [2.24, 2.45) is 0 Å². The van der Waals surface area contributed by atoms with Crippen LogP contribution in [0.3, 0.4) is 0 Å². The number of halogens is 3. The van der Waals surface area contributed by atoms with Gasteiger partial charge in [-0.15, -0.1) is 0 Å². The van der Waals surface area contributed by atoms with Crippen molar-refractivity contribution in [1.29, 1.82) is 0 Å². The fourth-order valence-corrected chi connectivity index (χ4v) is 6.60. The Labute approximate surface area is 248 Å². The van der Waals surface area contributed by atoms with E-state index in [-0.39, 0.29) is 23.9 Å². The van der Waals surface area contributed by atoms with Crippen LogP contribution < -0.4 is 4.74 Å². The summed E-state index contributed by atoms with van der Waals surface area (Å²) in [5.74, 6) is 5.85. The van der Waals surface area contributed by atoms with Crippen LogP contribution in [0.4, 0.5) is 13.2 Å². The maximum Gasteiger partial charge on any atom is 0.416 e. The summed E-state index contributed by atoms with van der Waals surface area (Å²) in [5, 5.41) is 0. The van der Waals surface area contributed by atoms with Gasteiger partial charge in [0.15, 0.2) is 20.3 Å². The van der Waals surface area contributed by atoms with E-state index in [1.165, 1.54) is 26.8 Å². The number of rotatable bonds is 8. The lowest BCUT2D eigenvalue weighted by molar-refractivity contribution is -0.152. The molecule has 4 aromatic rings. The first-order valence-corrected chi connectivity index (χ1v) is 14.7. The Hall–Kier alpha value is -4.15. The highest BCUT2D eigenvalue weighted by Gasteiger charge is 2.31. The highest BCUT2D eigenvalue weighted by molar-refractivity contribution is 7.97. The molecule has 0 radical (unpaired) electrons. The molecule has 0 aliphatic heterocycles. The largest absolute Gasteiger partial charge is 0.492 e. The number of carbonyl (C=O) groups is 1. The van der Waals surface area contributed by atoms with E-state index < -0.39 is 23.3 Å². The molecular formula is C35H32F3O3S+. The summed E-state index contributed by atoms with van der Waals surface area (Å²) >= 11 is 0.